The van der Waals surface area contributed by atoms with Crippen molar-refractivity contribution in [2.24, 2.45) is 5.41 Å². The molecule has 3 nitrogen and oxygen atoms in total. The van der Waals surface area contributed by atoms with Crippen molar-refractivity contribution in [2.75, 3.05) is 0 Å². The molecule has 0 radical (unpaired) electrons. The van der Waals surface area contributed by atoms with Gasteiger partial charge in [-0.05, 0) is 12.8 Å². The Morgan fingerprint density at radius 3 is 2.10 bits per heavy atom. The molecule has 0 unspecified atom stereocenters. The third kappa shape index (κ3) is 2.21. The summed E-state index contributed by atoms with van der Waals surface area (Å²) in [5.41, 5.74) is 0.776. The van der Waals surface area contributed by atoms with Crippen molar-refractivity contribution < 1.29 is 14.7 Å². The maximum absolute atomic E-state index is 12.5. The molecule has 21 heavy (non-hydrogen) atoms. The monoisotopic (exact) mass is 284 g/mol. The Kier molecular flexibility index (Phi) is 3.44. The molecule has 0 spiro atoms. The fourth-order valence-electron chi connectivity index (χ4n) is 3.68. The summed E-state index contributed by atoms with van der Waals surface area (Å²) >= 11 is 0. The number of carbonyl (C=O) groups excluding carboxylic acids is 2. The maximum Gasteiger partial charge on any atom is 0.234 e. The third-order valence-electron chi connectivity index (χ3n) is 4.91. The van der Waals surface area contributed by atoms with Crippen LogP contribution in [0.25, 0.3) is 5.76 Å². The molecule has 0 amide bonds. The molecule has 0 bridgehead atoms. The summed E-state index contributed by atoms with van der Waals surface area (Å²) in [6, 6.07) is 6.83. The zero-order valence-electron chi connectivity index (χ0n) is 12.3. The van der Waals surface area contributed by atoms with Gasteiger partial charge in [0, 0.05) is 16.5 Å². The maximum atomic E-state index is 12.5. The predicted octanol–water partition coefficient (Wildman–Crippen LogP) is 4.08. The van der Waals surface area contributed by atoms with Crippen LogP contribution in [0.1, 0.15) is 61.4 Å². The lowest BCUT2D eigenvalue weighted by Gasteiger charge is -2.33. The average molecular weight is 284 g/mol. The third-order valence-corrected chi connectivity index (χ3v) is 4.91. The van der Waals surface area contributed by atoms with Crippen LogP contribution in [-0.4, -0.2) is 16.7 Å². The number of hydrogen-bond acceptors (Lipinski definition) is 3. The van der Waals surface area contributed by atoms with Gasteiger partial charge in [-0.15, -0.1) is 0 Å². The highest BCUT2D eigenvalue weighted by molar-refractivity contribution is 6.52. The highest BCUT2D eigenvalue weighted by atomic mass is 16.3. The second-order valence-electron chi connectivity index (χ2n) is 6.40. The van der Waals surface area contributed by atoms with Gasteiger partial charge in [0.2, 0.25) is 11.6 Å². The minimum absolute atomic E-state index is 0.0135. The van der Waals surface area contributed by atoms with Gasteiger partial charge in [0.25, 0.3) is 0 Å². The van der Waals surface area contributed by atoms with Gasteiger partial charge in [0.1, 0.15) is 5.76 Å². The molecule has 110 valence electrons. The highest BCUT2D eigenvalue weighted by Crippen LogP contribution is 2.46. The molecule has 0 saturated heterocycles. The number of allylic oxidation sites excluding steroid dienone is 1. The van der Waals surface area contributed by atoms with Gasteiger partial charge in [0.15, 0.2) is 0 Å². The topological polar surface area (TPSA) is 54.4 Å². The van der Waals surface area contributed by atoms with E-state index < -0.39 is 11.6 Å². The number of benzene rings is 1. The Hall–Kier alpha value is -1.90. The van der Waals surface area contributed by atoms with Crippen LogP contribution in [0.5, 0.6) is 0 Å². The number of rotatable bonds is 1. The van der Waals surface area contributed by atoms with Gasteiger partial charge < -0.3 is 5.11 Å². The lowest BCUT2D eigenvalue weighted by Crippen LogP contribution is -2.33. The van der Waals surface area contributed by atoms with Crippen LogP contribution in [-0.2, 0) is 4.79 Å². The van der Waals surface area contributed by atoms with Crippen LogP contribution in [0, 0.1) is 5.41 Å². The molecule has 0 aliphatic heterocycles. The Morgan fingerprint density at radius 1 is 0.905 bits per heavy atom. The van der Waals surface area contributed by atoms with E-state index in [-0.39, 0.29) is 11.2 Å². The molecule has 1 N–H and O–H groups in total. The number of ketones is 2. The average Bonchev–Trinajstić information content (AvgIpc) is 2.70. The zero-order chi connectivity index (χ0) is 15.0. The van der Waals surface area contributed by atoms with E-state index >= 15 is 0 Å². The van der Waals surface area contributed by atoms with Crippen LogP contribution in [0.3, 0.4) is 0 Å². The Bertz CT molecular complexity index is 632. The molecule has 3 rings (SSSR count). The smallest absolute Gasteiger partial charge is 0.234 e. The van der Waals surface area contributed by atoms with Crippen molar-refractivity contribution in [3.8, 4) is 0 Å². The van der Waals surface area contributed by atoms with Gasteiger partial charge in [-0.2, -0.15) is 0 Å². The van der Waals surface area contributed by atoms with Crippen LogP contribution >= 0.6 is 0 Å². The SMILES string of the molecule is CC1(C2=C(O)c3ccccc3C(=O)C2=O)CCCCCC1. The molecule has 2 aliphatic rings. The number of hydrogen-bond donors (Lipinski definition) is 1. The molecule has 1 fully saturated rings. The van der Waals surface area contributed by atoms with E-state index in [0.29, 0.717) is 16.7 Å². The molecular weight excluding hydrogens is 264 g/mol. The van der Waals surface area contributed by atoms with Crippen LogP contribution in [0.2, 0.25) is 0 Å². The second-order valence-corrected chi connectivity index (χ2v) is 6.40. The Morgan fingerprint density at radius 2 is 1.48 bits per heavy atom. The minimum Gasteiger partial charge on any atom is -0.507 e. The van der Waals surface area contributed by atoms with E-state index in [9.17, 15) is 14.7 Å². The molecule has 0 atom stereocenters. The molecule has 0 heterocycles. The quantitative estimate of drug-likeness (QED) is 0.624. The Labute approximate surface area is 124 Å². The number of aliphatic hydroxyl groups excluding tert-OH is 1. The van der Waals surface area contributed by atoms with Gasteiger partial charge in [-0.25, -0.2) is 0 Å². The fourth-order valence-corrected chi connectivity index (χ4v) is 3.68. The number of carbonyl (C=O) groups is 2. The zero-order valence-corrected chi connectivity index (χ0v) is 12.3. The van der Waals surface area contributed by atoms with Crippen LogP contribution < -0.4 is 0 Å². The van der Waals surface area contributed by atoms with Crippen molar-refractivity contribution in [1.82, 2.24) is 0 Å². The van der Waals surface area contributed by atoms with E-state index in [1.54, 1.807) is 24.3 Å². The van der Waals surface area contributed by atoms with Crippen molar-refractivity contribution in [1.29, 1.82) is 0 Å². The molecule has 0 aromatic heterocycles. The summed E-state index contributed by atoms with van der Waals surface area (Å²) in [7, 11) is 0. The summed E-state index contributed by atoms with van der Waals surface area (Å²) in [4.78, 5) is 24.9. The first-order valence-corrected chi connectivity index (χ1v) is 7.67. The largest absolute Gasteiger partial charge is 0.507 e. The van der Waals surface area contributed by atoms with Crippen molar-refractivity contribution in [3.63, 3.8) is 0 Å². The summed E-state index contributed by atoms with van der Waals surface area (Å²) in [6.45, 7) is 2.02. The lowest BCUT2D eigenvalue weighted by molar-refractivity contribution is -0.113. The minimum atomic E-state index is -0.518. The summed E-state index contributed by atoms with van der Waals surface area (Å²) in [5.74, 6) is -0.987. The first-order chi connectivity index (χ1) is 10.0. The lowest BCUT2D eigenvalue weighted by atomic mass is 9.69. The van der Waals surface area contributed by atoms with E-state index in [1.165, 1.54) is 0 Å². The highest BCUT2D eigenvalue weighted by Gasteiger charge is 2.42. The van der Waals surface area contributed by atoms with Gasteiger partial charge in [0.05, 0.1) is 5.57 Å². The van der Waals surface area contributed by atoms with Crippen molar-refractivity contribution in [3.05, 3.63) is 41.0 Å². The van der Waals surface area contributed by atoms with Crippen LogP contribution in [0.4, 0.5) is 0 Å². The van der Waals surface area contributed by atoms with E-state index in [2.05, 4.69) is 0 Å². The number of aliphatic hydroxyl groups is 1. The van der Waals surface area contributed by atoms with E-state index in [1.807, 2.05) is 6.92 Å². The summed E-state index contributed by atoms with van der Waals surface area (Å²) in [5, 5.41) is 10.6. The molecule has 2 aliphatic carbocycles. The normalized spacial score (nSPS) is 22.0. The van der Waals surface area contributed by atoms with Gasteiger partial charge >= 0.3 is 0 Å². The summed E-state index contributed by atoms with van der Waals surface area (Å²) in [6.07, 6.45) is 6.10. The second kappa shape index (κ2) is 5.14. The molecule has 1 aromatic rings. The van der Waals surface area contributed by atoms with Crippen LogP contribution in [0.15, 0.2) is 29.8 Å². The van der Waals surface area contributed by atoms with E-state index in [4.69, 9.17) is 0 Å². The molecule has 3 heteroatoms. The van der Waals surface area contributed by atoms with Crippen molar-refractivity contribution >= 4 is 17.3 Å². The predicted molar refractivity (Wildman–Crippen MR) is 81.1 cm³/mol. The standard InChI is InChI=1S/C18H20O3/c1-18(10-6-2-3-7-11-18)14-15(19)12-8-4-5-9-13(12)16(20)17(14)21/h4-5,8-9,19H,2-3,6-7,10-11H2,1H3. The van der Waals surface area contributed by atoms with Crippen molar-refractivity contribution in [2.45, 2.75) is 45.4 Å². The number of fused-ring (bicyclic) bond motifs is 1. The van der Waals surface area contributed by atoms with Gasteiger partial charge in [-0.1, -0.05) is 56.9 Å². The van der Waals surface area contributed by atoms with E-state index in [0.717, 1.165) is 38.5 Å². The fraction of sp³-hybridized carbons (Fsp3) is 0.444. The molecule has 1 aromatic carbocycles. The number of Topliss-reactive ketones (excluding diaryl/α,β-unsaturated/α-hetero) is 2. The molecule has 1 saturated carbocycles. The molecular formula is C18H20O3. The first-order valence-electron chi connectivity index (χ1n) is 7.67. The van der Waals surface area contributed by atoms with Gasteiger partial charge in [-0.3, -0.25) is 9.59 Å². The Balaban J connectivity index is 2.16. The first kappa shape index (κ1) is 14.1. The summed E-state index contributed by atoms with van der Waals surface area (Å²) < 4.78 is 0.